The number of hydrogen-bond donors (Lipinski definition) is 0. The first-order chi connectivity index (χ1) is 24.1. The van der Waals surface area contributed by atoms with Crippen molar-refractivity contribution in [2.75, 3.05) is 6.61 Å². The molecule has 1 aliphatic heterocycles. The molecule has 5 aromatic rings. The molecule has 0 bridgehead atoms. The first-order valence-corrected chi connectivity index (χ1v) is 16.9. The van der Waals surface area contributed by atoms with E-state index in [0.717, 1.165) is 27.8 Å². The molecule has 49 heavy (non-hydrogen) atoms. The van der Waals surface area contributed by atoms with Crippen LogP contribution in [-0.2, 0) is 50.1 Å². The fraction of sp³-hybridized carbons (Fsp3) is 0.238. The lowest BCUT2D eigenvalue weighted by Crippen LogP contribution is -2.46. The predicted molar refractivity (Wildman–Crippen MR) is 191 cm³/mol. The summed E-state index contributed by atoms with van der Waals surface area (Å²) < 4.78 is 39.7. The smallest absolute Gasteiger partial charge is 0.241 e. The monoisotopic (exact) mass is 676 g/mol. The lowest BCUT2D eigenvalue weighted by Gasteiger charge is -2.32. The number of para-hydroxylation sites is 1. The lowest BCUT2D eigenvalue weighted by atomic mass is 10.1. The van der Waals surface area contributed by atoms with Crippen molar-refractivity contribution in [1.29, 1.82) is 0 Å². The molecule has 6 nitrogen and oxygen atoms in total. The maximum atomic E-state index is 7.30. The van der Waals surface area contributed by atoms with Gasteiger partial charge in [-0.3, -0.25) is 0 Å². The Bertz CT molecular complexity index is 1730. The van der Waals surface area contributed by atoms with Crippen molar-refractivity contribution < 1.29 is 28.4 Å². The highest BCUT2D eigenvalue weighted by Crippen LogP contribution is 2.36. The van der Waals surface area contributed by atoms with Gasteiger partial charge in [0.1, 0.15) is 41.5 Å². The second-order valence-electron chi connectivity index (χ2n) is 11.9. The fourth-order valence-corrected chi connectivity index (χ4v) is 5.81. The quantitative estimate of drug-likeness (QED) is 0.110. The van der Waals surface area contributed by atoms with Gasteiger partial charge in [-0.2, -0.15) is 0 Å². The van der Waals surface area contributed by atoms with Crippen LogP contribution in [0.25, 0.3) is 0 Å². The molecule has 252 valence electrons. The first kappa shape index (κ1) is 34.4. The summed E-state index contributed by atoms with van der Waals surface area (Å²) in [6.07, 6.45) is -3.14. The molecule has 4 atom stereocenters. The highest BCUT2D eigenvalue weighted by Gasteiger charge is 2.44. The van der Waals surface area contributed by atoms with Gasteiger partial charge in [0.2, 0.25) is 6.29 Å². The molecule has 0 saturated carbocycles. The van der Waals surface area contributed by atoms with E-state index in [4.69, 9.17) is 40.0 Å². The van der Waals surface area contributed by atoms with E-state index in [1.165, 1.54) is 0 Å². The number of benzene rings is 5. The summed E-state index contributed by atoms with van der Waals surface area (Å²) in [5, 5.41) is 0.246. The molecule has 7 heteroatoms. The van der Waals surface area contributed by atoms with Gasteiger partial charge in [0.15, 0.2) is 0 Å². The van der Waals surface area contributed by atoms with Crippen LogP contribution in [0.1, 0.15) is 27.8 Å². The molecule has 0 radical (unpaired) electrons. The normalized spacial score (nSPS) is 19.3. The zero-order valence-electron chi connectivity index (χ0n) is 27.5. The number of halogens is 1. The molecule has 0 amide bonds. The van der Waals surface area contributed by atoms with Gasteiger partial charge >= 0.3 is 0 Å². The van der Waals surface area contributed by atoms with Crippen LogP contribution in [0.2, 0.25) is 0 Å². The molecule has 0 aliphatic carbocycles. The van der Waals surface area contributed by atoms with Crippen LogP contribution in [0.3, 0.4) is 0 Å². The van der Waals surface area contributed by atoms with E-state index < -0.39 is 24.6 Å². The Morgan fingerprint density at radius 2 is 1.06 bits per heavy atom. The maximum Gasteiger partial charge on any atom is 0.241 e. The molecule has 0 saturated heterocycles. The zero-order valence-corrected chi connectivity index (χ0v) is 28.3. The summed E-state index contributed by atoms with van der Waals surface area (Å²) in [5.41, 5.74) is 4.97. The molecule has 6 rings (SSSR count). The average molecular weight is 677 g/mol. The minimum absolute atomic E-state index is 0.184. The van der Waals surface area contributed by atoms with Gasteiger partial charge in [-0.25, -0.2) is 0 Å². The van der Waals surface area contributed by atoms with Gasteiger partial charge < -0.3 is 28.4 Å². The Hall–Kier alpha value is -4.43. The van der Waals surface area contributed by atoms with Crippen LogP contribution < -0.4 is 4.74 Å². The average Bonchev–Trinajstić information content (AvgIpc) is 3.25. The van der Waals surface area contributed by atoms with Crippen LogP contribution in [0.4, 0.5) is 0 Å². The number of hydrogen-bond acceptors (Lipinski definition) is 6. The van der Waals surface area contributed by atoms with E-state index in [2.05, 4.69) is 0 Å². The number of ether oxygens (including phenoxy) is 6. The Balaban J connectivity index is 1.38. The van der Waals surface area contributed by atoms with Gasteiger partial charge in [-0.1, -0.05) is 151 Å². The van der Waals surface area contributed by atoms with E-state index >= 15 is 0 Å². The largest absolute Gasteiger partial charge is 0.489 e. The third-order valence-electron chi connectivity index (χ3n) is 8.18. The van der Waals surface area contributed by atoms with E-state index in [-0.39, 0.29) is 18.2 Å². The Morgan fingerprint density at radius 1 is 0.571 bits per heavy atom. The van der Waals surface area contributed by atoms with Crippen LogP contribution in [0.5, 0.6) is 5.75 Å². The van der Waals surface area contributed by atoms with Gasteiger partial charge in [0.25, 0.3) is 0 Å². The zero-order chi connectivity index (χ0) is 33.7. The second-order valence-corrected chi connectivity index (χ2v) is 12.3. The summed E-state index contributed by atoms with van der Waals surface area (Å²) >= 11 is 7.30. The van der Waals surface area contributed by atoms with Crippen molar-refractivity contribution in [2.24, 2.45) is 0 Å². The minimum Gasteiger partial charge on any atom is -0.489 e. The molecule has 0 fully saturated rings. The summed E-state index contributed by atoms with van der Waals surface area (Å²) in [6.45, 7) is 3.42. The third kappa shape index (κ3) is 9.82. The predicted octanol–water partition coefficient (Wildman–Crippen LogP) is 9.15. The van der Waals surface area contributed by atoms with Crippen LogP contribution >= 0.6 is 11.6 Å². The summed E-state index contributed by atoms with van der Waals surface area (Å²) in [7, 11) is 0. The summed E-state index contributed by atoms with van der Waals surface area (Å²) in [6, 6.07) is 47.7. The molecular weight excluding hydrogens is 636 g/mol. The van der Waals surface area contributed by atoms with Gasteiger partial charge in [0.05, 0.1) is 26.4 Å². The second kappa shape index (κ2) is 17.8. The van der Waals surface area contributed by atoms with E-state index in [1.807, 2.05) is 153 Å². The highest BCUT2D eigenvalue weighted by atomic mass is 35.5. The van der Waals surface area contributed by atoms with Crippen molar-refractivity contribution in [2.45, 2.75) is 58.0 Å². The molecule has 0 N–H and O–H groups in total. The molecule has 1 aliphatic rings. The Kier molecular flexibility index (Phi) is 12.5. The Morgan fingerprint density at radius 3 is 1.63 bits per heavy atom. The maximum absolute atomic E-state index is 7.30. The van der Waals surface area contributed by atoms with E-state index in [1.54, 1.807) is 0 Å². The molecular formula is C42H41ClO6. The minimum atomic E-state index is -1.02. The van der Waals surface area contributed by atoms with Gasteiger partial charge in [-0.15, -0.1) is 0 Å². The molecule has 1 unspecified atom stereocenters. The van der Waals surface area contributed by atoms with Crippen molar-refractivity contribution in [3.05, 3.63) is 184 Å². The van der Waals surface area contributed by atoms with Crippen molar-refractivity contribution in [3.8, 4) is 5.75 Å². The topological polar surface area (TPSA) is 55.4 Å². The molecule has 1 heterocycles. The number of rotatable bonds is 15. The molecule has 0 aromatic heterocycles. The van der Waals surface area contributed by atoms with Crippen molar-refractivity contribution >= 4 is 11.6 Å². The standard InChI is InChI=1S/C42H41ClO6/c1-31-16-14-15-25-36(31)48-42-38(43)40(46-28-34-21-10-4-11-22-34)41(47-29-35-23-12-5-13-24-35)39(45-27-33-19-8-3-9-20-33)37(49-42)30-44-26-32-17-6-2-7-18-32/h2-25,37,39,41-42H,26-30H2,1H3/t37-,39-,41+,42?/m1/s1. The van der Waals surface area contributed by atoms with Crippen LogP contribution in [-0.4, -0.2) is 31.2 Å². The van der Waals surface area contributed by atoms with Crippen LogP contribution in [0.15, 0.2) is 156 Å². The lowest BCUT2D eigenvalue weighted by molar-refractivity contribution is -0.189. The molecule has 0 spiro atoms. The van der Waals surface area contributed by atoms with Gasteiger partial charge in [0, 0.05) is 0 Å². The summed E-state index contributed by atoms with van der Waals surface area (Å²) in [5.74, 6) is 1.03. The van der Waals surface area contributed by atoms with Crippen LogP contribution in [0, 0.1) is 6.92 Å². The van der Waals surface area contributed by atoms with E-state index in [0.29, 0.717) is 31.3 Å². The number of aryl methyl sites for hydroxylation is 1. The van der Waals surface area contributed by atoms with Crippen molar-refractivity contribution in [3.63, 3.8) is 0 Å². The molecule has 5 aromatic carbocycles. The van der Waals surface area contributed by atoms with E-state index in [9.17, 15) is 0 Å². The fourth-order valence-electron chi connectivity index (χ4n) is 5.56. The van der Waals surface area contributed by atoms with Gasteiger partial charge in [-0.05, 0) is 40.8 Å². The summed E-state index contributed by atoms with van der Waals surface area (Å²) in [4.78, 5) is 0. The SMILES string of the molecule is Cc1ccccc1OC1O[C@H](COCc2ccccc2)[C@@H](OCc2ccccc2)[C@H](OCc2ccccc2)C(OCc2ccccc2)=C1Cl. The first-order valence-electron chi connectivity index (χ1n) is 16.5. The highest BCUT2D eigenvalue weighted by molar-refractivity contribution is 6.30. The Labute approximate surface area is 293 Å². The van der Waals surface area contributed by atoms with Crippen molar-refractivity contribution in [1.82, 2.24) is 0 Å². The third-order valence-corrected chi connectivity index (χ3v) is 8.54.